The summed E-state index contributed by atoms with van der Waals surface area (Å²) in [5, 5.41) is 4.28. The van der Waals surface area contributed by atoms with Gasteiger partial charge in [-0.2, -0.15) is 5.10 Å². The standard InChI is InChI=1S/C16H18ClN3O2S/c1-11-2-5-15(21)20(18-11)10-12-6-8-19(9-7-12)16(22)13-3-4-14(17)23-13/h2-5,12H,6-10H2,1H3. The summed E-state index contributed by atoms with van der Waals surface area (Å²) in [6.45, 7) is 3.91. The summed E-state index contributed by atoms with van der Waals surface area (Å²) in [6.07, 6.45) is 1.76. The summed E-state index contributed by atoms with van der Waals surface area (Å²) in [7, 11) is 0. The molecule has 1 amide bonds. The molecular formula is C16H18ClN3O2S. The fourth-order valence-electron chi connectivity index (χ4n) is 2.83. The number of hydrogen-bond donors (Lipinski definition) is 0. The summed E-state index contributed by atoms with van der Waals surface area (Å²) in [4.78, 5) is 26.8. The number of halogens is 1. The van der Waals surface area contributed by atoms with E-state index in [0.29, 0.717) is 34.8 Å². The highest BCUT2D eigenvalue weighted by Crippen LogP contribution is 2.25. The van der Waals surface area contributed by atoms with Crippen molar-refractivity contribution in [3.8, 4) is 0 Å². The van der Waals surface area contributed by atoms with E-state index in [2.05, 4.69) is 5.10 Å². The Labute approximate surface area is 143 Å². The fourth-order valence-corrected chi connectivity index (χ4v) is 3.84. The molecular weight excluding hydrogens is 334 g/mol. The van der Waals surface area contributed by atoms with Gasteiger partial charge in [-0.3, -0.25) is 9.59 Å². The maximum absolute atomic E-state index is 12.4. The van der Waals surface area contributed by atoms with Crippen molar-refractivity contribution >= 4 is 28.8 Å². The van der Waals surface area contributed by atoms with Gasteiger partial charge in [0.1, 0.15) is 0 Å². The third kappa shape index (κ3) is 3.82. The van der Waals surface area contributed by atoms with Gasteiger partial charge in [0, 0.05) is 25.7 Å². The lowest BCUT2D eigenvalue weighted by atomic mass is 9.96. The van der Waals surface area contributed by atoms with Crippen molar-refractivity contribution in [2.45, 2.75) is 26.3 Å². The second kappa shape index (κ2) is 6.84. The van der Waals surface area contributed by atoms with Gasteiger partial charge in [0.2, 0.25) is 0 Å². The Morgan fingerprint density at radius 1 is 1.30 bits per heavy atom. The first-order chi connectivity index (χ1) is 11.0. The first-order valence-electron chi connectivity index (χ1n) is 7.62. The Hall–Kier alpha value is -1.66. The van der Waals surface area contributed by atoms with Crippen molar-refractivity contribution in [1.29, 1.82) is 0 Å². The molecule has 7 heteroatoms. The molecule has 1 aliphatic heterocycles. The summed E-state index contributed by atoms with van der Waals surface area (Å²) in [5.41, 5.74) is 0.772. The number of piperidine rings is 1. The van der Waals surface area contributed by atoms with Crippen LogP contribution in [0, 0.1) is 12.8 Å². The monoisotopic (exact) mass is 351 g/mol. The number of rotatable bonds is 3. The van der Waals surface area contributed by atoms with Gasteiger partial charge in [-0.15, -0.1) is 11.3 Å². The Morgan fingerprint density at radius 3 is 2.70 bits per heavy atom. The Kier molecular flexibility index (Phi) is 4.82. The van der Waals surface area contributed by atoms with Crippen molar-refractivity contribution in [3.63, 3.8) is 0 Å². The molecule has 122 valence electrons. The number of aromatic nitrogens is 2. The van der Waals surface area contributed by atoms with Crippen LogP contribution in [0.1, 0.15) is 28.2 Å². The Morgan fingerprint density at radius 2 is 2.04 bits per heavy atom. The fraction of sp³-hybridized carbons (Fsp3) is 0.438. The number of aryl methyl sites for hydroxylation is 1. The minimum absolute atomic E-state index is 0.0474. The van der Waals surface area contributed by atoms with Gasteiger partial charge in [-0.05, 0) is 43.9 Å². The van der Waals surface area contributed by atoms with Crippen LogP contribution in [0.4, 0.5) is 0 Å². The number of nitrogens with zero attached hydrogens (tertiary/aromatic N) is 3. The SMILES string of the molecule is Cc1ccc(=O)n(CC2CCN(C(=O)c3ccc(Cl)s3)CC2)n1. The lowest BCUT2D eigenvalue weighted by molar-refractivity contribution is 0.0685. The van der Waals surface area contributed by atoms with Crippen molar-refractivity contribution in [2.75, 3.05) is 13.1 Å². The highest BCUT2D eigenvalue weighted by atomic mass is 35.5. The highest BCUT2D eigenvalue weighted by molar-refractivity contribution is 7.17. The van der Waals surface area contributed by atoms with E-state index < -0.39 is 0 Å². The number of likely N-dealkylation sites (tertiary alicyclic amines) is 1. The topological polar surface area (TPSA) is 55.2 Å². The van der Waals surface area contributed by atoms with E-state index in [4.69, 9.17) is 11.6 Å². The number of thiophene rings is 1. The van der Waals surface area contributed by atoms with Crippen molar-refractivity contribution in [3.05, 3.63) is 49.5 Å². The molecule has 23 heavy (non-hydrogen) atoms. The quantitative estimate of drug-likeness (QED) is 0.854. The van der Waals surface area contributed by atoms with Crippen LogP contribution < -0.4 is 5.56 Å². The van der Waals surface area contributed by atoms with E-state index in [1.807, 2.05) is 11.8 Å². The molecule has 0 saturated carbocycles. The number of carbonyl (C=O) groups excluding carboxylic acids is 1. The van der Waals surface area contributed by atoms with Crippen LogP contribution in [0.3, 0.4) is 0 Å². The molecule has 1 fully saturated rings. The number of carbonyl (C=O) groups is 1. The maximum atomic E-state index is 12.4. The molecule has 0 unspecified atom stereocenters. The predicted molar refractivity (Wildman–Crippen MR) is 91.2 cm³/mol. The van der Waals surface area contributed by atoms with Crippen LogP contribution in [0.15, 0.2) is 29.1 Å². The zero-order valence-corrected chi connectivity index (χ0v) is 14.4. The van der Waals surface area contributed by atoms with Crippen LogP contribution in [-0.2, 0) is 6.54 Å². The molecule has 0 bridgehead atoms. The zero-order valence-electron chi connectivity index (χ0n) is 12.9. The molecule has 0 radical (unpaired) electrons. The van der Waals surface area contributed by atoms with Gasteiger partial charge >= 0.3 is 0 Å². The zero-order chi connectivity index (χ0) is 16.4. The number of hydrogen-bond acceptors (Lipinski definition) is 4. The summed E-state index contributed by atoms with van der Waals surface area (Å²) in [5.74, 6) is 0.421. The van der Waals surface area contributed by atoms with E-state index in [1.165, 1.54) is 16.0 Å². The van der Waals surface area contributed by atoms with Crippen LogP contribution in [0.2, 0.25) is 4.34 Å². The third-order valence-electron chi connectivity index (χ3n) is 4.12. The van der Waals surface area contributed by atoms with Gasteiger partial charge in [-0.1, -0.05) is 11.6 Å². The molecule has 0 spiro atoms. The number of amides is 1. The van der Waals surface area contributed by atoms with Crippen LogP contribution in [0.25, 0.3) is 0 Å². The minimum atomic E-state index is -0.0673. The van der Waals surface area contributed by atoms with Crippen LogP contribution >= 0.6 is 22.9 Å². The largest absolute Gasteiger partial charge is 0.338 e. The normalized spacial score (nSPS) is 15.8. The molecule has 0 N–H and O–H groups in total. The minimum Gasteiger partial charge on any atom is -0.338 e. The smallest absolute Gasteiger partial charge is 0.266 e. The van der Waals surface area contributed by atoms with E-state index in [1.54, 1.807) is 24.3 Å². The van der Waals surface area contributed by atoms with Crippen molar-refractivity contribution in [1.82, 2.24) is 14.7 Å². The molecule has 0 atom stereocenters. The predicted octanol–water partition coefficient (Wildman–Crippen LogP) is 2.82. The average Bonchev–Trinajstić information content (AvgIpc) is 2.97. The molecule has 3 heterocycles. The third-order valence-corrected chi connectivity index (χ3v) is 5.34. The van der Waals surface area contributed by atoms with Gasteiger partial charge in [0.05, 0.1) is 14.9 Å². The molecule has 1 aliphatic rings. The molecule has 0 aliphatic carbocycles. The molecule has 1 saturated heterocycles. The van der Waals surface area contributed by atoms with Crippen LogP contribution in [0.5, 0.6) is 0 Å². The van der Waals surface area contributed by atoms with E-state index in [0.717, 1.165) is 18.5 Å². The van der Waals surface area contributed by atoms with Gasteiger partial charge in [0.25, 0.3) is 11.5 Å². The van der Waals surface area contributed by atoms with E-state index >= 15 is 0 Å². The van der Waals surface area contributed by atoms with E-state index in [9.17, 15) is 9.59 Å². The molecule has 5 nitrogen and oxygen atoms in total. The average molecular weight is 352 g/mol. The lowest BCUT2D eigenvalue weighted by Gasteiger charge is -2.31. The highest BCUT2D eigenvalue weighted by Gasteiger charge is 2.25. The van der Waals surface area contributed by atoms with Crippen LogP contribution in [-0.4, -0.2) is 33.7 Å². The lowest BCUT2D eigenvalue weighted by Crippen LogP contribution is -2.40. The molecule has 0 aromatic carbocycles. The van der Waals surface area contributed by atoms with Crippen molar-refractivity contribution in [2.24, 2.45) is 5.92 Å². The first-order valence-corrected chi connectivity index (χ1v) is 8.82. The molecule has 2 aromatic rings. The summed E-state index contributed by atoms with van der Waals surface area (Å²) in [6, 6.07) is 6.81. The van der Waals surface area contributed by atoms with Gasteiger partial charge < -0.3 is 4.90 Å². The van der Waals surface area contributed by atoms with Crippen molar-refractivity contribution < 1.29 is 4.79 Å². The summed E-state index contributed by atoms with van der Waals surface area (Å²) >= 11 is 7.21. The molecule has 2 aromatic heterocycles. The Balaban J connectivity index is 1.59. The maximum Gasteiger partial charge on any atom is 0.266 e. The molecule has 3 rings (SSSR count). The second-order valence-corrected chi connectivity index (χ2v) is 7.55. The van der Waals surface area contributed by atoms with Gasteiger partial charge in [-0.25, -0.2) is 4.68 Å². The van der Waals surface area contributed by atoms with Gasteiger partial charge in [0.15, 0.2) is 0 Å². The first kappa shape index (κ1) is 16.2. The van der Waals surface area contributed by atoms with E-state index in [-0.39, 0.29) is 11.5 Å². The Bertz CT molecular complexity index is 763. The summed E-state index contributed by atoms with van der Waals surface area (Å²) < 4.78 is 2.17. The second-order valence-electron chi connectivity index (χ2n) is 5.83.